The zero-order valence-electron chi connectivity index (χ0n) is 14.3. The lowest BCUT2D eigenvalue weighted by Crippen LogP contribution is -2.48. The second-order valence-corrected chi connectivity index (χ2v) is 8.57. The molecule has 3 rings (SSSR count). The van der Waals surface area contributed by atoms with Crippen molar-refractivity contribution < 1.29 is 0 Å². The fourth-order valence-electron chi connectivity index (χ4n) is 3.54. The van der Waals surface area contributed by atoms with E-state index < -0.39 is 0 Å². The molecule has 22 heavy (non-hydrogen) atoms. The monoisotopic (exact) mass is 322 g/mol. The SMILES string of the molecule is CC(C)(C)c1nsc(N2CCCC(N3CCCCCC3)C2)n1. The van der Waals surface area contributed by atoms with Crippen LogP contribution in [-0.2, 0) is 5.41 Å². The Hall–Kier alpha value is -0.680. The lowest BCUT2D eigenvalue weighted by atomic mass is 9.96. The van der Waals surface area contributed by atoms with Crippen LogP contribution >= 0.6 is 11.5 Å². The van der Waals surface area contributed by atoms with Gasteiger partial charge in [-0.05, 0) is 38.8 Å². The van der Waals surface area contributed by atoms with Crippen LogP contribution in [0.2, 0.25) is 0 Å². The fourth-order valence-corrected chi connectivity index (χ4v) is 4.43. The Bertz CT molecular complexity index is 471. The maximum Gasteiger partial charge on any atom is 0.205 e. The number of rotatable bonds is 2. The highest BCUT2D eigenvalue weighted by Gasteiger charge is 2.28. The first-order chi connectivity index (χ1) is 10.5. The van der Waals surface area contributed by atoms with Gasteiger partial charge in [0, 0.05) is 36.1 Å². The zero-order chi connectivity index (χ0) is 15.6. The molecule has 1 aromatic rings. The van der Waals surface area contributed by atoms with Crippen molar-refractivity contribution in [3.8, 4) is 0 Å². The average Bonchev–Trinajstić information content (AvgIpc) is 2.84. The summed E-state index contributed by atoms with van der Waals surface area (Å²) in [7, 11) is 0. The predicted octanol–water partition coefficient (Wildman–Crippen LogP) is 3.68. The lowest BCUT2D eigenvalue weighted by molar-refractivity contribution is 0.182. The molecule has 0 radical (unpaired) electrons. The molecule has 0 amide bonds. The number of hydrogen-bond acceptors (Lipinski definition) is 5. The van der Waals surface area contributed by atoms with Gasteiger partial charge in [0.05, 0.1) is 0 Å². The van der Waals surface area contributed by atoms with Gasteiger partial charge in [-0.25, -0.2) is 4.98 Å². The van der Waals surface area contributed by atoms with Crippen LogP contribution in [0.25, 0.3) is 0 Å². The molecule has 0 aromatic carbocycles. The van der Waals surface area contributed by atoms with E-state index in [9.17, 15) is 0 Å². The summed E-state index contributed by atoms with van der Waals surface area (Å²) < 4.78 is 4.59. The number of anilines is 1. The minimum Gasteiger partial charge on any atom is -0.345 e. The maximum absolute atomic E-state index is 4.82. The van der Waals surface area contributed by atoms with E-state index in [0.717, 1.165) is 24.0 Å². The Morgan fingerprint density at radius 3 is 2.36 bits per heavy atom. The highest BCUT2D eigenvalue weighted by molar-refractivity contribution is 7.09. The molecule has 2 aliphatic rings. The van der Waals surface area contributed by atoms with Crippen molar-refractivity contribution in [2.75, 3.05) is 31.1 Å². The molecular formula is C17H30N4S. The molecule has 2 aliphatic heterocycles. The van der Waals surface area contributed by atoms with Gasteiger partial charge in [0.25, 0.3) is 0 Å². The standard InChI is InChI=1S/C17H30N4S/c1-17(2,3)15-18-16(22-19-15)21-12-8-9-14(13-21)20-10-6-4-5-7-11-20/h14H,4-13H2,1-3H3. The normalized spacial score (nSPS) is 25.2. The molecule has 0 spiro atoms. The summed E-state index contributed by atoms with van der Waals surface area (Å²) in [5, 5.41) is 1.13. The maximum atomic E-state index is 4.82. The first-order valence-electron chi connectivity index (χ1n) is 8.87. The topological polar surface area (TPSA) is 32.3 Å². The largest absolute Gasteiger partial charge is 0.345 e. The van der Waals surface area contributed by atoms with E-state index in [4.69, 9.17) is 4.98 Å². The fraction of sp³-hybridized carbons (Fsp3) is 0.882. The summed E-state index contributed by atoms with van der Waals surface area (Å²) in [6.07, 6.45) is 8.22. The lowest BCUT2D eigenvalue weighted by Gasteiger charge is -2.38. The van der Waals surface area contributed by atoms with Crippen molar-refractivity contribution >= 4 is 16.7 Å². The van der Waals surface area contributed by atoms with Crippen molar-refractivity contribution in [3.63, 3.8) is 0 Å². The van der Waals surface area contributed by atoms with Gasteiger partial charge in [0.1, 0.15) is 5.82 Å². The molecule has 2 saturated heterocycles. The van der Waals surface area contributed by atoms with Crippen LogP contribution in [-0.4, -0.2) is 46.5 Å². The van der Waals surface area contributed by atoms with Crippen molar-refractivity contribution in [3.05, 3.63) is 5.82 Å². The molecule has 5 heteroatoms. The summed E-state index contributed by atoms with van der Waals surface area (Å²) in [6, 6.07) is 0.717. The molecule has 124 valence electrons. The molecule has 1 unspecified atom stereocenters. The Morgan fingerprint density at radius 1 is 1.00 bits per heavy atom. The number of likely N-dealkylation sites (tertiary alicyclic amines) is 1. The van der Waals surface area contributed by atoms with Crippen LogP contribution in [0.3, 0.4) is 0 Å². The summed E-state index contributed by atoms with van der Waals surface area (Å²) >= 11 is 1.58. The van der Waals surface area contributed by atoms with Gasteiger partial charge in [0.2, 0.25) is 5.13 Å². The third kappa shape index (κ3) is 3.80. The van der Waals surface area contributed by atoms with Crippen LogP contribution in [0, 0.1) is 0 Å². The van der Waals surface area contributed by atoms with Gasteiger partial charge in [-0.15, -0.1) is 0 Å². The quantitative estimate of drug-likeness (QED) is 0.831. The van der Waals surface area contributed by atoms with E-state index in [1.165, 1.54) is 51.6 Å². The van der Waals surface area contributed by atoms with Crippen LogP contribution in [0.15, 0.2) is 0 Å². The van der Waals surface area contributed by atoms with Gasteiger partial charge in [-0.1, -0.05) is 33.6 Å². The Kier molecular flexibility index (Phi) is 5.03. The number of piperidine rings is 1. The van der Waals surface area contributed by atoms with Crippen LogP contribution in [0.1, 0.15) is 65.1 Å². The van der Waals surface area contributed by atoms with Gasteiger partial charge in [0.15, 0.2) is 0 Å². The van der Waals surface area contributed by atoms with Crippen molar-refractivity contribution in [1.29, 1.82) is 0 Å². The second kappa shape index (κ2) is 6.83. The van der Waals surface area contributed by atoms with Crippen LogP contribution in [0.4, 0.5) is 5.13 Å². The summed E-state index contributed by atoms with van der Waals surface area (Å²) in [5.41, 5.74) is 0.0503. The van der Waals surface area contributed by atoms with E-state index in [-0.39, 0.29) is 5.41 Å². The summed E-state index contributed by atoms with van der Waals surface area (Å²) in [6.45, 7) is 11.4. The molecule has 1 atom stereocenters. The smallest absolute Gasteiger partial charge is 0.205 e. The van der Waals surface area contributed by atoms with Gasteiger partial charge in [-0.3, -0.25) is 4.90 Å². The number of aromatic nitrogens is 2. The van der Waals surface area contributed by atoms with E-state index in [1.54, 1.807) is 11.5 Å². The first kappa shape index (κ1) is 16.2. The minimum atomic E-state index is 0.0503. The zero-order valence-corrected chi connectivity index (χ0v) is 15.2. The third-order valence-corrected chi connectivity index (χ3v) is 5.69. The summed E-state index contributed by atoms with van der Waals surface area (Å²) in [5.74, 6) is 0.990. The number of nitrogens with zero attached hydrogens (tertiary/aromatic N) is 4. The van der Waals surface area contributed by atoms with Gasteiger partial charge >= 0.3 is 0 Å². The van der Waals surface area contributed by atoms with Crippen LogP contribution in [0.5, 0.6) is 0 Å². The highest BCUT2D eigenvalue weighted by Crippen LogP contribution is 2.28. The molecule has 0 aliphatic carbocycles. The highest BCUT2D eigenvalue weighted by atomic mass is 32.1. The van der Waals surface area contributed by atoms with E-state index in [1.807, 2.05) is 0 Å². The molecule has 3 heterocycles. The molecule has 0 saturated carbocycles. The third-order valence-electron chi connectivity index (χ3n) is 4.91. The molecule has 0 bridgehead atoms. The predicted molar refractivity (Wildman–Crippen MR) is 93.9 cm³/mol. The Morgan fingerprint density at radius 2 is 1.73 bits per heavy atom. The molecule has 1 aromatic heterocycles. The van der Waals surface area contributed by atoms with E-state index in [2.05, 4.69) is 34.9 Å². The molecule has 2 fully saturated rings. The van der Waals surface area contributed by atoms with Crippen molar-refractivity contribution in [2.45, 2.75) is 70.8 Å². The molecular weight excluding hydrogens is 292 g/mol. The Balaban J connectivity index is 1.66. The van der Waals surface area contributed by atoms with Crippen molar-refractivity contribution in [2.24, 2.45) is 0 Å². The molecule has 4 nitrogen and oxygen atoms in total. The molecule has 0 N–H and O–H groups in total. The minimum absolute atomic E-state index is 0.0503. The summed E-state index contributed by atoms with van der Waals surface area (Å²) in [4.78, 5) is 10.0. The number of hydrogen-bond donors (Lipinski definition) is 0. The first-order valence-corrected chi connectivity index (χ1v) is 9.64. The van der Waals surface area contributed by atoms with Crippen LogP contribution < -0.4 is 4.90 Å². The Labute approximate surface area is 139 Å². The van der Waals surface area contributed by atoms with Crippen molar-refractivity contribution in [1.82, 2.24) is 14.3 Å². The van der Waals surface area contributed by atoms with E-state index in [0.29, 0.717) is 6.04 Å². The second-order valence-electron chi connectivity index (χ2n) is 7.84. The van der Waals surface area contributed by atoms with E-state index >= 15 is 0 Å². The van der Waals surface area contributed by atoms with Gasteiger partial charge < -0.3 is 4.90 Å². The average molecular weight is 323 g/mol. The van der Waals surface area contributed by atoms with Gasteiger partial charge in [-0.2, -0.15) is 4.37 Å².